The van der Waals surface area contributed by atoms with E-state index in [2.05, 4.69) is 15.5 Å². The minimum atomic E-state index is -0.489. The second kappa shape index (κ2) is 12.4. The number of halogens is 3. The van der Waals surface area contributed by atoms with Crippen molar-refractivity contribution in [1.82, 2.24) is 20.1 Å². The van der Waals surface area contributed by atoms with E-state index in [1.54, 1.807) is 34.9 Å². The van der Waals surface area contributed by atoms with Gasteiger partial charge in [0.25, 0.3) is 0 Å². The van der Waals surface area contributed by atoms with Crippen LogP contribution in [0.3, 0.4) is 0 Å². The van der Waals surface area contributed by atoms with Crippen molar-refractivity contribution in [2.75, 3.05) is 6.61 Å². The minimum Gasteiger partial charge on any atom is -0.367 e. The molecule has 1 N–H and O–H groups in total. The third-order valence-corrected chi connectivity index (χ3v) is 6.74. The zero-order valence-corrected chi connectivity index (χ0v) is 21.7. The molecule has 186 valence electrons. The summed E-state index contributed by atoms with van der Waals surface area (Å²) in [6, 6.07) is 20.5. The number of aromatic nitrogens is 3. The van der Waals surface area contributed by atoms with Crippen LogP contribution in [0.15, 0.2) is 78.0 Å². The summed E-state index contributed by atoms with van der Waals surface area (Å²) >= 11 is 14.0. The van der Waals surface area contributed by atoms with Crippen molar-refractivity contribution in [2.45, 2.75) is 30.5 Å². The standard InChI is InChI=1S/C26H23Cl2FN4O2S/c1-17(30-24(34)15-35-14-18-5-3-2-4-6-18)25-31-32-26(36-16-19-7-10-21(29)11-8-19)33(25)23-12-9-20(27)13-22(23)28/h2-13,17H,14-16H2,1H3,(H,30,34). The van der Waals surface area contributed by atoms with Gasteiger partial charge in [-0.15, -0.1) is 10.2 Å². The number of benzene rings is 3. The fourth-order valence-corrected chi connectivity index (χ4v) is 4.86. The molecule has 0 spiro atoms. The van der Waals surface area contributed by atoms with Crippen molar-refractivity contribution >= 4 is 40.9 Å². The SMILES string of the molecule is CC(NC(=O)COCc1ccccc1)c1nnc(SCc2ccc(F)cc2)n1-c1ccc(Cl)cc1Cl. The highest BCUT2D eigenvalue weighted by molar-refractivity contribution is 7.98. The predicted octanol–water partition coefficient (Wildman–Crippen LogP) is 6.40. The zero-order valence-electron chi connectivity index (χ0n) is 19.3. The van der Waals surface area contributed by atoms with Gasteiger partial charge in [0.05, 0.1) is 23.4 Å². The lowest BCUT2D eigenvalue weighted by atomic mass is 10.2. The summed E-state index contributed by atoms with van der Waals surface area (Å²) in [6.07, 6.45) is 0. The number of rotatable bonds is 10. The molecule has 0 saturated carbocycles. The average molecular weight is 545 g/mol. The fourth-order valence-electron chi connectivity index (χ4n) is 3.46. The molecule has 1 aromatic heterocycles. The Bertz CT molecular complexity index is 1320. The van der Waals surface area contributed by atoms with Crippen molar-refractivity contribution in [3.05, 3.63) is 106 Å². The molecule has 10 heteroatoms. The van der Waals surface area contributed by atoms with E-state index in [1.165, 1.54) is 23.9 Å². The third-order valence-electron chi connectivity index (χ3n) is 5.20. The molecule has 0 saturated heterocycles. The number of nitrogens with zero attached hydrogens (tertiary/aromatic N) is 3. The van der Waals surface area contributed by atoms with Crippen LogP contribution in [-0.4, -0.2) is 27.3 Å². The van der Waals surface area contributed by atoms with E-state index in [9.17, 15) is 9.18 Å². The Balaban J connectivity index is 1.50. The van der Waals surface area contributed by atoms with Crippen molar-refractivity contribution < 1.29 is 13.9 Å². The number of ether oxygens (including phenoxy) is 1. The van der Waals surface area contributed by atoms with Crippen LogP contribution in [0.4, 0.5) is 4.39 Å². The highest BCUT2D eigenvalue weighted by atomic mass is 35.5. The molecule has 0 radical (unpaired) electrons. The molecule has 1 amide bonds. The molecule has 1 atom stereocenters. The molecule has 1 heterocycles. The number of hydrogen-bond donors (Lipinski definition) is 1. The summed E-state index contributed by atoms with van der Waals surface area (Å²) in [4.78, 5) is 12.5. The second-order valence-electron chi connectivity index (χ2n) is 7.95. The van der Waals surface area contributed by atoms with Gasteiger partial charge in [0.2, 0.25) is 5.91 Å². The maximum absolute atomic E-state index is 13.3. The van der Waals surface area contributed by atoms with Crippen LogP contribution in [0.5, 0.6) is 0 Å². The van der Waals surface area contributed by atoms with Crippen LogP contribution in [0, 0.1) is 5.82 Å². The van der Waals surface area contributed by atoms with Gasteiger partial charge in [0.1, 0.15) is 12.4 Å². The van der Waals surface area contributed by atoms with E-state index in [-0.39, 0.29) is 18.3 Å². The molecule has 0 aliphatic heterocycles. The highest BCUT2D eigenvalue weighted by Gasteiger charge is 2.22. The second-order valence-corrected chi connectivity index (χ2v) is 9.74. The number of carbonyl (C=O) groups excluding carboxylic acids is 1. The van der Waals surface area contributed by atoms with Crippen molar-refractivity contribution in [2.24, 2.45) is 0 Å². The summed E-state index contributed by atoms with van der Waals surface area (Å²) in [6.45, 7) is 2.05. The molecular weight excluding hydrogens is 522 g/mol. The highest BCUT2D eigenvalue weighted by Crippen LogP contribution is 2.32. The summed E-state index contributed by atoms with van der Waals surface area (Å²) in [5.74, 6) is 0.463. The number of carbonyl (C=O) groups is 1. The summed E-state index contributed by atoms with van der Waals surface area (Å²) in [5, 5.41) is 13.1. The Morgan fingerprint density at radius 1 is 1.06 bits per heavy atom. The molecule has 0 aliphatic carbocycles. The lowest BCUT2D eigenvalue weighted by Crippen LogP contribution is -2.31. The lowest BCUT2D eigenvalue weighted by molar-refractivity contribution is -0.126. The monoisotopic (exact) mass is 544 g/mol. The smallest absolute Gasteiger partial charge is 0.246 e. The maximum atomic E-state index is 13.3. The van der Waals surface area contributed by atoms with E-state index in [1.807, 2.05) is 37.3 Å². The van der Waals surface area contributed by atoms with Crippen LogP contribution < -0.4 is 5.32 Å². The normalized spacial score (nSPS) is 11.9. The lowest BCUT2D eigenvalue weighted by Gasteiger charge is -2.17. The van der Waals surface area contributed by atoms with Crippen LogP contribution in [0.1, 0.15) is 29.9 Å². The van der Waals surface area contributed by atoms with Crippen LogP contribution >= 0.6 is 35.0 Å². The molecule has 3 aromatic carbocycles. The van der Waals surface area contributed by atoms with Gasteiger partial charge >= 0.3 is 0 Å². The minimum absolute atomic E-state index is 0.0960. The zero-order chi connectivity index (χ0) is 25.5. The molecule has 1 unspecified atom stereocenters. The first-order valence-electron chi connectivity index (χ1n) is 11.1. The van der Waals surface area contributed by atoms with Crippen molar-refractivity contribution in [1.29, 1.82) is 0 Å². The Kier molecular flexibility index (Phi) is 8.98. The van der Waals surface area contributed by atoms with Crippen molar-refractivity contribution in [3.63, 3.8) is 0 Å². The van der Waals surface area contributed by atoms with E-state index in [0.29, 0.717) is 39.1 Å². The van der Waals surface area contributed by atoms with Gasteiger partial charge in [-0.1, -0.05) is 77.4 Å². The molecular formula is C26H23Cl2FN4O2S. The number of thioether (sulfide) groups is 1. The van der Waals surface area contributed by atoms with Crippen LogP contribution in [0.25, 0.3) is 5.69 Å². The van der Waals surface area contributed by atoms with Gasteiger partial charge < -0.3 is 10.1 Å². The Labute approximate surface area is 222 Å². The summed E-state index contributed by atoms with van der Waals surface area (Å²) in [7, 11) is 0. The Morgan fingerprint density at radius 2 is 1.81 bits per heavy atom. The molecule has 0 bridgehead atoms. The van der Waals surface area contributed by atoms with E-state index in [0.717, 1.165) is 11.1 Å². The van der Waals surface area contributed by atoms with E-state index in [4.69, 9.17) is 27.9 Å². The molecule has 36 heavy (non-hydrogen) atoms. The first-order valence-corrected chi connectivity index (χ1v) is 12.8. The van der Waals surface area contributed by atoms with E-state index < -0.39 is 6.04 Å². The molecule has 0 aliphatic rings. The number of hydrogen-bond acceptors (Lipinski definition) is 5. The van der Waals surface area contributed by atoms with Gasteiger partial charge in [-0.2, -0.15) is 0 Å². The molecule has 4 rings (SSSR count). The number of amides is 1. The fraction of sp³-hybridized carbons (Fsp3) is 0.192. The quantitative estimate of drug-likeness (QED) is 0.234. The first kappa shape index (κ1) is 26.2. The van der Waals surface area contributed by atoms with Gasteiger partial charge in [0, 0.05) is 10.8 Å². The summed E-state index contributed by atoms with van der Waals surface area (Å²) < 4.78 is 20.6. The maximum Gasteiger partial charge on any atom is 0.246 e. The van der Waals surface area contributed by atoms with Gasteiger partial charge in [-0.25, -0.2) is 4.39 Å². The van der Waals surface area contributed by atoms with Gasteiger partial charge in [-0.05, 0) is 48.4 Å². The topological polar surface area (TPSA) is 69.0 Å². The van der Waals surface area contributed by atoms with Crippen LogP contribution in [0.2, 0.25) is 10.0 Å². The molecule has 6 nitrogen and oxygen atoms in total. The Morgan fingerprint density at radius 3 is 2.53 bits per heavy atom. The Hall–Kier alpha value is -2.91. The van der Waals surface area contributed by atoms with Crippen molar-refractivity contribution in [3.8, 4) is 5.69 Å². The first-order chi connectivity index (χ1) is 17.4. The molecule has 4 aromatic rings. The predicted molar refractivity (Wildman–Crippen MR) is 140 cm³/mol. The third kappa shape index (κ3) is 6.85. The average Bonchev–Trinajstić information content (AvgIpc) is 3.28. The molecule has 0 fully saturated rings. The largest absolute Gasteiger partial charge is 0.367 e. The number of nitrogens with one attached hydrogen (secondary N) is 1. The van der Waals surface area contributed by atoms with E-state index >= 15 is 0 Å². The van der Waals surface area contributed by atoms with Crippen LogP contribution in [-0.2, 0) is 21.9 Å². The summed E-state index contributed by atoms with van der Waals surface area (Å²) in [5.41, 5.74) is 2.54. The van der Waals surface area contributed by atoms with Gasteiger partial charge in [-0.3, -0.25) is 9.36 Å². The van der Waals surface area contributed by atoms with Gasteiger partial charge in [0.15, 0.2) is 11.0 Å².